The Balaban J connectivity index is 0.946. The summed E-state index contributed by atoms with van der Waals surface area (Å²) in [5, 5.41) is 27.6. The first kappa shape index (κ1) is 48.7. The van der Waals surface area contributed by atoms with Crippen LogP contribution in [0.2, 0.25) is 0 Å². The zero-order valence-corrected chi connectivity index (χ0v) is 38.5. The molecule has 0 radical (unpaired) electrons. The summed E-state index contributed by atoms with van der Waals surface area (Å²) in [6.45, 7) is 6.83. The molecular formula is C48H55FN8O11. The van der Waals surface area contributed by atoms with Gasteiger partial charge in [0.05, 0.1) is 48.1 Å². The van der Waals surface area contributed by atoms with Gasteiger partial charge in [0, 0.05) is 42.0 Å². The molecule has 20 heteroatoms. The van der Waals surface area contributed by atoms with Crippen molar-refractivity contribution in [1.29, 1.82) is 0 Å². The van der Waals surface area contributed by atoms with Crippen molar-refractivity contribution in [3.8, 4) is 11.4 Å². The average molecular weight is 939 g/mol. The van der Waals surface area contributed by atoms with Gasteiger partial charge in [-0.2, -0.15) is 0 Å². The predicted octanol–water partition coefficient (Wildman–Crippen LogP) is 2.01. The number of benzene rings is 2. The Bertz CT molecular complexity index is 2770. The van der Waals surface area contributed by atoms with E-state index in [1.807, 2.05) is 0 Å². The Labute approximate surface area is 390 Å². The molecule has 0 fully saturated rings. The van der Waals surface area contributed by atoms with Gasteiger partial charge >= 0.3 is 12.1 Å². The Morgan fingerprint density at radius 1 is 0.941 bits per heavy atom. The lowest BCUT2D eigenvalue weighted by atomic mass is 9.81. The van der Waals surface area contributed by atoms with E-state index in [-0.39, 0.29) is 62.4 Å². The summed E-state index contributed by atoms with van der Waals surface area (Å²) in [4.78, 5) is 108. The highest BCUT2D eigenvalue weighted by Gasteiger charge is 2.46. The number of aryl methyl sites for hydroxylation is 1. The number of rotatable bonds is 16. The van der Waals surface area contributed by atoms with Crippen molar-refractivity contribution in [2.24, 2.45) is 0 Å². The van der Waals surface area contributed by atoms with Crippen LogP contribution in [-0.4, -0.2) is 94.1 Å². The van der Waals surface area contributed by atoms with Gasteiger partial charge in [-0.25, -0.2) is 19.0 Å². The molecule has 3 atom stereocenters. The second-order valence-electron chi connectivity index (χ2n) is 18.1. The van der Waals surface area contributed by atoms with Crippen molar-refractivity contribution < 1.29 is 52.5 Å². The minimum Gasteiger partial charge on any atom is -0.458 e. The molecule has 0 saturated carbocycles. The van der Waals surface area contributed by atoms with Gasteiger partial charge in [-0.15, -0.1) is 0 Å². The molecule has 4 aromatic rings. The summed E-state index contributed by atoms with van der Waals surface area (Å²) in [6.07, 6.45) is 0.377. The molecule has 1 unspecified atom stereocenters. The van der Waals surface area contributed by atoms with Crippen LogP contribution in [-0.2, 0) is 69.8 Å². The molecule has 360 valence electrons. The van der Waals surface area contributed by atoms with Crippen LogP contribution < -0.4 is 37.5 Å². The lowest BCUT2D eigenvalue weighted by Crippen LogP contribution is -2.52. The van der Waals surface area contributed by atoms with Gasteiger partial charge in [-0.05, 0) is 81.7 Å². The third-order valence-electron chi connectivity index (χ3n) is 12.2. The number of nitrogens with one attached hydrogen (secondary N) is 6. The van der Waals surface area contributed by atoms with Crippen LogP contribution in [0.1, 0.15) is 98.4 Å². The number of hydrogen-bond donors (Lipinski definition) is 7. The SMILES string of the molecule is CC[C@@]1(O)C(=O)OCc2c1cc1n(c2=O)Cc2c-1nc1cc(F)c(C)c3c1c2[C@@H](NC(=O)CCCNC(=O)CNC(=O)C(Cc1ccccc1)NC(=O)CNC(=O)CNC(=O)OC(C)(C)C)CC3. The molecule has 4 heterocycles. The number of hydrogen-bond acceptors (Lipinski definition) is 12. The third kappa shape index (κ3) is 10.5. The van der Waals surface area contributed by atoms with E-state index in [0.29, 0.717) is 51.8 Å². The Kier molecular flexibility index (Phi) is 14.3. The molecule has 1 aliphatic carbocycles. The number of fused-ring (bicyclic) bond motifs is 5. The number of ether oxygens (including phenoxy) is 2. The molecule has 3 aliphatic rings. The second kappa shape index (κ2) is 19.9. The number of halogens is 1. The smallest absolute Gasteiger partial charge is 0.408 e. The van der Waals surface area contributed by atoms with E-state index in [2.05, 4.69) is 31.9 Å². The molecule has 2 aromatic carbocycles. The van der Waals surface area contributed by atoms with Crippen molar-refractivity contribution in [3.63, 3.8) is 0 Å². The number of amides is 6. The predicted molar refractivity (Wildman–Crippen MR) is 243 cm³/mol. The molecule has 68 heavy (non-hydrogen) atoms. The van der Waals surface area contributed by atoms with E-state index in [4.69, 9.17) is 14.5 Å². The van der Waals surface area contributed by atoms with Crippen LogP contribution in [0, 0.1) is 12.7 Å². The summed E-state index contributed by atoms with van der Waals surface area (Å²) >= 11 is 0. The number of alkyl carbamates (subject to hydrolysis) is 1. The number of cyclic esters (lactones) is 1. The lowest BCUT2D eigenvalue weighted by molar-refractivity contribution is -0.172. The molecule has 2 aliphatic heterocycles. The van der Waals surface area contributed by atoms with E-state index in [1.54, 1.807) is 71.0 Å². The van der Waals surface area contributed by atoms with Crippen LogP contribution in [0.4, 0.5) is 9.18 Å². The molecule has 0 spiro atoms. The molecule has 0 bridgehead atoms. The summed E-state index contributed by atoms with van der Waals surface area (Å²) in [7, 11) is 0. The highest BCUT2D eigenvalue weighted by molar-refractivity contribution is 5.95. The van der Waals surface area contributed by atoms with Crippen LogP contribution in [0.3, 0.4) is 0 Å². The van der Waals surface area contributed by atoms with Gasteiger partial charge in [-0.1, -0.05) is 37.3 Å². The fourth-order valence-electron chi connectivity index (χ4n) is 8.81. The minimum absolute atomic E-state index is 0.0175. The van der Waals surface area contributed by atoms with Gasteiger partial charge in [0.1, 0.15) is 30.6 Å². The number of aromatic nitrogens is 2. The topological polar surface area (TPSA) is 265 Å². The maximum Gasteiger partial charge on any atom is 0.408 e. The largest absolute Gasteiger partial charge is 0.458 e. The standard InChI is InChI=1S/C48H55FN8O11/c1-6-48(66)30-18-35-42-28(23-57(35)44(63)29(30)24-67-45(48)64)41-32(15-14-27-25(2)31(49)19-33(56-42)40(27)41)54-36(58)13-10-16-50-37(59)20-52-43(62)34(17-26-11-8-7-9-12-26)55-39(61)22-51-38(60)21-53-46(65)68-47(3,4)5/h7-9,11-12,18-19,32,34,66H,6,10,13-17,20-24H2,1-5H3,(H,50,59)(H,51,60)(H,52,62)(H,53,65)(H,54,58)(H,55,61)/t32-,34?,48-/m0/s1. The van der Waals surface area contributed by atoms with Crippen molar-refractivity contribution in [3.05, 3.63) is 97.6 Å². The maximum absolute atomic E-state index is 15.3. The maximum atomic E-state index is 15.3. The first-order chi connectivity index (χ1) is 32.3. The minimum atomic E-state index is -2.03. The molecule has 2 aromatic heterocycles. The molecule has 0 saturated heterocycles. The van der Waals surface area contributed by atoms with Gasteiger partial charge in [-0.3, -0.25) is 28.8 Å². The van der Waals surface area contributed by atoms with E-state index in [1.165, 1.54) is 10.6 Å². The Hall–Kier alpha value is -7.22. The number of carbonyl (C=O) groups is 7. The lowest BCUT2D eigenvalue weighted by Gasteiger charge is -2.31. The fourth-order valence-corrected chi connectivity index (χ4v) is 8.81. The van der Waals surface area contributed by atoms with E-state index in [9.17, 15) is 43.5 Å². The van der Waals surface area contributed by atoms with Crippen LogP contribution in [0.25, 0.3) is 22.3 Å². The Morgan fingerprint density at radius 2 is 1.65 bits per heavy atom. The van der Waals surface area contributed by atoms with Crippen LogP contribution in [0.15, 0.2) is 47.3 Å². The van der Waals surface area contributed by atoms with Gasteiger partial charge in [0.2, 0.25) is 29.5 Å². The van der Waals surface area contributed by atoms with E-state index in [0.717, 1.165) is 11.1 Å². The number of pyridine rings is 2. The highest BCUT2D eigenvalue weighted by atomic mass is 19.1. The van der Waals surface area contributed by atoms with Crippen LogP contribution in [0.5, 0.6) is 0 Å². The summed E-state index contributed by atoms with van der Waals surface area (Å²) < 4.78 is 27.1. The van der Waals surface area contributed by atoms with Gasteiger partial charge in [0.15, 0.2) is 5.60 Å². The molecule has 7 N–H and O–H groups in total. The van der Waals surface area contributed by atoms with Crippen molar-refractivity contribution in [2.75, 3.05) is 26.2 Å². The quantitative estimate of drug-likeness (QED) is 0.0554. The number of carbonyl (C=O) groups excluding carboxylic acids is 7. The summed E-state index contributed by atoms with van der Waals surface area (Å²) in [5.74, 6) is -4.16. The normalized spacial score (nSPS) is 17.1. The van der Waals surface area contributed by atoms with Crippen LogP contribution >= 0.6 is 0 Å². The first-order valence-electron chi connectivity index (χ1n) is 22.5. The number of nitrogens with zero attached hydrogens (tertiary/aromatic N) is 2. The summed E-state index contributed by atoms with van der Waals surface area (Å²) in [6, 6.07) is 10.1. The number of aliphatic hydroxyl groups is 1. The average Bonchev–Trinajstić information content (AvgIpc) is 3.67. The fraction of sp³-hybridized carbons (Fsp3) is 0.438. The third-order valence-corrected chi connectivity index (χ3v) is 12.2. The van der Waals surface area contributed by atoms with Crippen molar-refractivity contribution in [2.45, 2.75) is 110 Å². The Morgan fingerprint density at radius 3 is 2.37 bits per heavy atom. The van der Waals surface area contributed by atoms with Crippen molar-refractivity contribution >= 4 is 52.5 Å². The second-order valence-corrected chi connectivity index (χ2v) is 18.1. The van der Waals surface area contributed by atoms with E-state index >= 15 is 4.39 Å². The summed E-state index contributed by atoms with van der Waals surface area (Å²) in [5.41, 5.74) is 1.48. The zero-order chi connectivity index (χ0) is 49.1. The van der Waals surface area contributed by atoms with Gasteiger partial charge in [0.25, 0.3) is 5.56 Å². The zero-order valence-electron chi connectivity index (χ0n) is 38.5. The van der Waals surface area contributed by atoms with Crippen molar-refractivity contribution in [1.82, 2.24) is 41.5 Å². The monoisotopic (exact) mass is 938 g/mol. The van der Waals surface area contributed by atoms with Gasteiger partial charge < -0.3 is 51.0 Å². The molecule has 7 rings (SSSR count). The molecule has 6 amide bonds. The molecule has 19 nitrogen and oxygen atoms in total. The molecular weight excluding hydrogens is 884 g/mol. The first-order valence-corrected chi connectivity index (χ1v) is 22.5. The van der Waals surface area contributed by atoms with E-state index < -0.39 is 90.0 Å². The highest BCUT2D eigenvalue weighted by Crippen LogP contribution is 2.46. The number of esters is 1.